The average molecular weight is 274 g/mol. The third-order valence-corrected chi connectivity index (χ3v) is 2.63. The maximum absolute atomic E-state index is 10.8. The maximum Gasteiger partial charge on any atom is 0.310 e. The van der Waals surface area contributed by atoms with Crippen molar-refractivity contribution in [3.8, 4) is 0 Å². The van der Waals surface area contributed by atoms with Crippen LogP contribution < -0.4 is 5.32 Å². The van der Waals surface area contributed by atoms with Crippen LogP contribution in [0.2, 0.25) is 0 Å². The van der Waals surface area contributed by atoms with E-state index in [1.165, 1.54) is 24.4 Å². The molecule has 0 fully saturated rings. The molecule has 0 atom stereocenters. The fourth-order valence-electron chi connectivity index (χ4n) is 1.61. The van der Waals surface area contributed by atoms with Gasteiger partial charge in [0.1, 0.15) is 11.9 Å². The number of nitro benzene ring substituents is 1. The lowest BCUT2D eigenvalue weighted by Gasteiger charge is -2.06. The van der Waals surface area contributed by atoms with Gasteiger partial charge in [0, 0.05) is 24.9 Å². The van der Waals surface area contributed by atoms with E-state index in [0.717, 1.165) is 11.8 Å². The molecule has 1 N–H and O–H groups in total. The Morgan fingerprint density at radius 2 is 1.75 bits per heavy atom. The Labute approximate surface area is 113 Å². The zero-order chi connectivity index (χ0) is 14.5. The lowest BCUT2D eigenvalue weighted by Crippen LogP contribution is -2.03. The van der Waals surface area contributed by atoms with E-state index in [1.807, 2.05) is 0 Å². The molecule has 0 bridgehead atoms. The quantitative estimate of drug-likeness (QED) is 0.662. The van der Waals surface area contributed by atoms with Gasteiger partial charge in [0.05, 0.1) is 9.85 Å². The molecule has 2 aromatic rings. The summed E-state index contributed by atoms with van der Waals surface area (Å²) in [6, 6.07) is 7.47. The number of nitro groups is 2. The van der Waals surface area contributed by atoms with Crippen LogP contribution in [-0.4, -0.2) is 14.8 Å². The molecular weight excluding hydrogens is 264 g/mol. The number of hydrogen-bond acceptors (Lipinski definition) is 6. The monoisotopic (exact) mass is 274 g/mol. The molecule has 0 amide bonds. The second kappa shape index (κ2) is 5.74. The summed E-state index contributed by atoms with van der Waals surface area (Å²) in [5.41, 5.74) is 1.02. The van der Waals surface area contributed by atoms with Gasteiger partial charge in [0.25, 0.3) is 5.69 Å². The molecule has 0 spiro atoms. The number of nitrogens with zero attached hydrogens (tertiary/aromatic N) is 3. The summed E-state index contributed by atoms with van der Waals surface area (Å²) in [5.74, 6) is 0. The van der Waals surface area contributed by atoms with Crippen LogP contribution in [0.3, 0.4) is 0 Å². The van der Waals surface area contributed by atoms with Crippen LogP contribution in [0.4, 0.5) is 17.1 Å². The molecule has 0 unspecified atom stereocenters. The van der Waals surface area contributed by atoms with Crippen LogP contribution in [0.15, 0.2) is 42.7 Å². The second-order valence-electron chi connectivity index (χ2n) is 3.93. The van der Waals surface area contributed by atoms with E-state index in [0.29, 0.717) is 12.2 Å². The summed E-state index contributed by atoms with van der Waals surface area (Å²) >= 11 is 0. The minimum Gasteiger partial charge on any atom is -0.375 e. The highest BCUT2D eigenvalue weighted by molar-refractivity contribution is 5.59. The fraction of sp³-hybridized carbons (Fsp3) is 0.0833. The largest absolute Gasteiger partial charge is 0.375 e. The van der Waals surface area contributed by atoms with Crippen molar-refractivity contribution in [3.05, 3.63) is 68.5 Å². The van der Waals surface area contributed by atoms with E-state index in [9.17, 15) is 20.2 Å². The first-order valence-corrected chi connectivity index (χ1v) is 5.63. The van der Waals surface area contributed by atoms with Crippen LogP contribution in [0, 0.1) is 20.2 Å². The summed E-state index contributed by atoms with van der Waals surface area (Å²) in [6.07, 6.45) is 2.61. The average Bonchev–Trinajstić information content (AvgIpc) is 2.45. The molecular formula is C12H10N4O4. The first kappa shape index (κ1) is 13.4. The number of nitrogens with one attached hydrogen (secondary N) is 1. The number of benzene rings is 1. The molecule has 1 heterocycles. The molecule has 102 valence electrons. The van der Waals surface area contributed by atoms with Gasteiger partial charge in [-0.25, -0.2) is 0 Å². The minimum atomic E-state index is -0.523. The van der Waals surface area contributed by atoms with Crippen molar-refractivity contribution in [2.75, 3.05) is 5.32 Å². The van der Waals surface area contributed by atoms with Gasteiger partial charge < -0.3 is 5.32 Å². The highest BCUT2D eigenvalue weighted by Crippen LogP contribution is 2.22. The van der Waals surface area contributed by atoms with Crippen molar-refractivity contribution in [1.82, 2.24) is 4.98 Å². The number of hydrogen-bond donors (Lipinski definition) is 1. The number of aromatic nitrogens is 1. The van der Waals surface area contributed by atoms with Gasteiger partial charge in [-0.3, -0.25) is 25.2 Å². The first-order valence-electron chi connectivity index (χ1n) is 5.63. The number of non-ortho nitro benzene ring substituents is 1. The molecule has 0 radical (unpaired) electrons. The molecule has 1 aromatic carbocycles. The van der Waals surface area contributed by atoms with Gasteiger partial charge in [-0.05, 0) is 11.6 Å². The summed E-state index contributed by atoms with van der Waals surface area (Å²) in [7, 11) is 0. The topological polar surface area (TPSA) is 111 Å². The minimum absolute atomic E-state index is 0.00337. The molecule has 1 aromatic heterocycles. The SMILES string of the molecule is O=[N+]([O-])c1ccc(CNc2ccncc2[N+](=O)[O-])cc1. The summed E-state index contributed by atoms with van der Waals surface area (Å²) in [6.45, 7) is 0.322. The molecule has 8 nitrogen and oxygen atoms in total. The van der Waals surface area contributed by atoms with Gasteiger partial charge in [0.2, 0.25) is 0 Å². The zero-order valence-corrected chi connectivity index (χ0v) is 10.2. The van der Waals surface area contributed by atoms with Crippen molar-refractivity contribution < 1.29 is 9.85 Å². The molecule has 20 heavy (non-hydrogen) atoms. The third kappa shape index (κ3) is 3.05. The summed E-state index contributed by atoms with van der Waals surface area (Å²) in [5, 5.41) is 24.2. The van der Waals surface area contributed by atoms with Gasteiger partial charge in [-0.2, -0.15) is 0 Å². The number of rotatable bonds is 5. The van der Waals surface area contributed by atoms with E-state index < -0.39 is 9.85 Å². The number of pyridine rings is 1. The van der Waals surface area contributed by atoms with E-state index in [1.54, 1.807) is 12.1 Å². The lowest BCUT2D eigenvalue weighted by atomic mass is 10.2. The van der Waals surface area contributed by atoms with E-state index in [-0.39, 0.29) is 11.4 Å². The molecule has 0 aliphatic carbocycles. The van der Waals surface area contributed by atoms with Crippen molar-refractivity contribution in [2.45, 2.75) is 6.54 Å². The highest BCUT2D eigenvalue weighted by Gasteiger charge is 2.12. The van der Waals surface area contributed by atoms with Gasteiger partial charge in [-0.1, -0.05) is 12.1 Å². The molecule has 0 saturated heterocycles. The van der Waals surface area contributed by atoms with Gasteiger partial charge in [0.15, 0.2) is 0 Å². The Morgan fingerprint density at radius 1 is 1.05 bits per heavy atom. The van der Waals surface area contributed by atoms with E-state index in [2.05, 4.69) is 10.3 Å². The Balaban J connectivity index is 2.09. The van der Waals surface area contributed by atoms with Crippen LogP contribution in [-0.2, 0) is 6.54 Å². The molecule has 0 aliphatic heterocycles. The van der Waals surface area contributed by atoms with Crippen LogP contribution >= 0.6 is 0 Å². The van der Waals surface area contributed by atoms with Crippen molar-refractivity contribution in [3.63, 3.8) is 0 Å². The normalized spacial score (nSPS) is 10.0. The third-order valence-electron chi connectivity index (χ3n) is 2.63. The standard InChI is InChI=1S/C12H10N4O4/c17-15(18)10-3-1-9(2-4-10)7-14-11-5-6-13-8-12(11)16(19)20/h1-6,8H,7H2,(H,13,14). The Hall–Kier alpha value is -3.03. The van der Waals surface area contributed by atoms with E-state index in [4.69, 9.17) is 0 Å². The molecule has 0 aliphatic rings. The van der Waals surface area contributed by atoms with Crippen molar-refractivity contribution in [2.24, 2.45) is 0 Å². The maximum atomic E-state index is 10.8. The first-order chi connectivity index (χ1) is 9.58. The molecule has 0 saturated carbocycles. The Morgan fingerprint density at radius 3 is 2.35 bits per heavy atom. The summed E-state index contributed by atoms with van der Waals surface area (Å²) < 4.78 is 0. The predicted octanol–water partition coefficient (Wildman–Crippen LogP) is 2.51. The Kier molecular flexibility index (Phi) is 3.85. The van der Waals surface area contributed by atoms with Crippen LogP contribution in [0.1, 0.15) is 5.56 Å². The van der Waals surface area contributed by atoms with Crippen LogP contribution in [0.25, 0.3) is 0 Å². The summed E-state index contributed by atoms with van der Waals surface area (Å²) in [4.78, 5) is 24.0. The van der Waals surface area contributed by atoms with Crippen LogP contribution in [0.5, 0.6) is 0 Å². The predicted molar refractivity (Wildman–Crippen MR) is 71.3 cm³/mol. The van der Waals surface area contributed by atoms with E-state index >= 15 is 0 Å². The Bertz CT molecular complexity index is 642. The van der Waals surface area contributed by atoms with Gasteiger partial charge >= 0.3 is 5.69 Å². The zero-order valence-electron chi connectivity index (χ0n) is 10.2. The smallest absolute Gasteiger partial charge is 0.310 e. The molecule has 2 rings (SSSR count). The highest BCUT2D eigenvalue weighted by atomic mass is 16.6. The molecule has 8 heteroatoms. The van der Waals surface area contributed by atoms with Crippen molar-refractivity contribution in [1.29, 1.82) is 0 Å². The van der Waals surface area contributed by atoms with Crippen molar-refractivity contribution >= 4 is 17.1 Å². The fourth-order valence-corrected chi connectivity index (χ4v) is 1.61. The lowest BCUT2D eigenvalue weighted by molar-refractivity contribution is -0.384. The van der Waals surface area contributed by atoms with Gasteiger partial charge in [-0.15, -0.1) is 0 Å². The second-order valence-corrected chi connectivity index (χ2v) is 3.93. The number of anilines is 1.